The zero-order valence-corrected chi connectivity index (χ0v) is 19.2. The molecule has 0 radical (unpaired) electrons. The molecular formula is C21H27N5O7S. The predicted octanol–water partition coefficient (Wildman–Crippen LogP) is 0.731. The van der Waals surface area contributed by atoms with Gasteiger partial charge in [0, 0.05) is 13.0 Å². The fourth-order valence-electron chi connectivity index (χ4n) is 3.62. The number of fused-ring (bicyclic) bond motifs is 2. The molecule has 0 aliphatic carbocycles. The van der Waals surface area contributed by atoms with E-state index in [0.29, 0.717) is 41.8 Å². The molecule has 12 nitrogen and oxygen atoms in total. The van der Waals surface area contributed by atoms with Gasteiger partial charge in [-0.25, -0.2) is 9.59 Å². The van der Waals surface area contributed by atoms with Crippen LogP contribution in [-0.2, 0) is 4.74 Å². The number of urea groups is 1. The summed E-state index contributed by atoms with van der Waals surface area (Å²) in [5.74, 6) is 2.15. The number of carbonyl (C=O) groups excluding carboxylic acids is 1. The van der Waals surface area contributed by atoms with Crippen LogP contribution in [0.1, 0.15) is 19.1 Å². The Bertz CT molecular complexity index is 1080. The van der Waals surface area contributed by atoms with Gasteiger partial charge in [0.25, 0.3) is 0 Å². The first-order valence-electron chi connectivity index (χ1n) is 10.9. The molecule has 184 valence electrons. The number of thiol groups is 1. The van der Waals surface area contributed by atoms with Gasteiger partial charge in [0.1, 0.15) is 30.4 Å². The second-order valence-corrected chi connectivity index (χ2v) is 8.17. The number of carbonyl (C=O) groups is 1. The highest BCUT2D eigenvalue weighted by Gasteiger charge is 2.36. The minimum atomic E-state index is -0.883. The van der Waals surface area contributed by atoms with Crippen LogP contribution in [-0.4, -0.2) is 70.1 Å². The Morgan fingerprint density at radius 2 is 2.15 bits per heavy atom. The second kappa shape index (κ2) is 11.0. The van der Waals surface area contributed by atoms with Crippen LogP contribution in [0.15, 0.2) is 29.2 Å². The Kier molecular flexibility index (Phi) is 7.77. The third-order valence-electron chi connectivity index (χ3n) is 5.33. The molecule has 3 heterocycles. The van der Waals surface area contributed by atoms with Crippen molar-refractivity contribution in [1.29, 1.82) is 0 Å². The lowest BCUT2D eigenvalue weighted by Crippen LogP contribution is -2.38. The van der Waals surface area contributed by atoms with Crippen LogP contribution in [0.25, 0.3) is 0 Å². The van der Waals surface area contributed by atoms with Gasteiger partial charge in [-0.15, -0.1) is 0 Å². The van der Waals surface area contributed by atoms with Crippen LogP contribution >= 0.6 is 12.6 Å². The van der Waals surface area contributed by atoms with Crippen molar-refractivity contribution in [2.75, 3.05) is 37.4 Å². The molecule has 1 saturated heterocycles. The van der Waals surface area contributed by atoms with Crippen LogP contribution in [0.5, 0.6) is 17.2 Å². The first-order chi connectivity index (χ1) is 16.5. The number of rotatable bonds is 9. The van der Waals surface area contributed by atoms with Crippen molar-refractivity contribution in [1.82, 2.24) is 20.2 Å². The van der Waals surface area contributed by atoms with E-state index in [1.807, 2.05) is 0 Å². The standard InChI is InChI=1S/C21H27N5O7S/c27-11-16-12(28)9-17(33-16)26-10-15-19(25-21(26)30)24-18-13(3-1-4-14(18)32-15)31-7-6-23-20(29)22-5-2-8-34/h1,3-4,10,12,16-17,27-28,34H,2,5-9,11H2,(H2,22,23,29)(H,24,25,30)/t12-,16+,17+/m0/s1. The Labute approximate surface area is 200 Å². The molecule has 2 amide bonds. The summed E-state index contributed by atoms with van der Waals surface area (Å²) in [5, 5.41) is 27.7. The highest BCUT2D eigenvalue weighted by molar-refractivity contribution is 7.80. The average Bonchev–Trinajstić information content (AvgIpc) is 3.20. The van der Waals surface area contributed by atoms with E-state index in [9.17, 15) is 19.8 Å². The van der Waals surface area contributed by atoms with Crippen LogP contribution in [0.3, 0.4) is 0 Å². The molecule has 4 rings (SSSR count). The number of anilines is 2. The van der Waals surface area contributed by atoms with Crippen molar-refractivity contribution in [3.05, 3.63) is 34.9 Å². The number of aromatic nitrogens is 2. The number of hydrogen-bond acceptors (Lipinski definition) is 10. The number of nitrogens with zero attached hydrogens (tertiary/aromatic N) is 2. The molecule has 1 aromatic carbocycles. The summed E-state index contributed by atoms with van der Waals surface area (Å²) in [6, 6.07) is 4.94. The van der Waals surface area contributed by atoms with E-state index < -0.39 is 24.1 Å². The highest BCUT2D eigenvalue weighted by atomic mass is 32.1. The monoisotopic (exact) mass is 493 g/mol. The number of aliphatic hydroxyl groups excluding tert-OH is 2. The molecule has 2 aliphatic heterocycles. The lowest BCUT2D eigenvalue weighted by molar-refractivity contribution is -0.0459. The van der Waals surface area contributed by atoms with Crippen LogP contribution in [0.4, 0.5) is 16.3 Å². The van der Waals surface area contributed by atoms with Gasteiger partial charge in [0.05, 0.1) is 25.5 Å². The second-order valence-electron chi connectivity index (χ2n) is 7.72. The molecule has 0 bridgehead atoms. The molecule has 0 spiro atoms. The highest BCUT2D eigenvalue weighted by Crippen LogP contribution is 2.45. The van der Waals surface area contributed by atoms with Gasteiger partial charge in [-0.3, -0.25) is 4.57 Å². The zero-order chi connectivity index (χ0) is 24.1. The lowest BCUT2D eigenvalue weighted by atomic mass is 10.2. The van der Waals surface area contributed by atoms with Gasteiger partial charge >= 0.3 is 11.7 Å². The summed E-state index contributed by atoms with van der Waals surface area (Å²) >= 11 is 4.09. The minimum Gasteiger partial charge on any atom is -0.489 e. The average molecular weight is 494 g/mol. The van der Waals surface area contributed by atoms with Gasteiger partial charge in [0.15, 0.2) is 17.3 Å². The first kappa shape index (κ1) is 24.1. The summed E-state index contributed by atoms with van der Waals surface area (Å²) in [4.78, 5) is 28.3. The fourth-order valence-corrected chi connectivity index (χ4v) is 3.78. The largest absolute Gasteiger partial charge is 0.489 e. The number of para-hydroxylation sites is 1. The van der Waals surface area contributed by atoms with Gasteiger partial charge in [0.2, 0.25) is 0 Å². The normalized spacial score (nSPS) is 20.5. The van der Waals surface area contributed by atoms with E-state index in [0.717, 1.165) is 6.42 Å². The quantitative estimate of drug-likeness (QED) is 0.187. The van der Waals surface area contributed by atoms with E-state index in [-0.39, 0.29) is 31.5 Å². The van der Waals surface area contributed by atoms with E-state index >= 15 is 0 Å². The molecule has 3 atom stereocenters. The van der Waals surface area contributed by atoms with Gasteiger partial charge in [-0.2, -0.15) is 17.6 Å². The van der Waals surface area contributed by atoms with Gasteiger partial charge < -0.3 is 40.4 Å². The molecule has 34 heavy (non-hydrogen) atoms. The summed E-state index contributed by atoms with van der Waals surface area (Å²) in [6.07, 6.45) is -0.0169. The molecule has 0 unspecified atom stereocenters. The van der Waals surface area contributed by atoms with Crippen LogP contribution < -0.4 is 31.1 Å². The SMILES string of the molecule is O=C(NCCCS)NCCOc1cccc2c1Nc1nc(=O)n([C@H]3C[C@H](O)[C@@H](CO)O3)cc1O2. The number of hydrogen-bond donors (Lipinski definition) is 6. The molecule has 2 aliphatic rings. The van der Waals surface area contributed by atoms with Crippen molar-refractivity contribution >= 4 is 30.2 Å². The molecule has 2 aromatic rings. The Hall–Kier alpha value is -3.00. The number of ether oxygens (including phenoxy) is 3. The maximum absolute atomic E-state index is 12.6. The van der Waals surface area contributed by atoms with Crippen LogP contribution in [0, 0.1) is 0 Å². The van der Waals surface area contributed by atoms with Crippen molar-refractivity contribution < 1.29 is 29.2 Å². The van der Waals surface area contributed by atoms with E-state index in [1.165, 1.54) is 10.8 Å². The third-order valence-corrected chi connectivity index (χ3v) is 5.65. The zero-order valence-electron chi connectivity index (χ0n) is 18.3. The first-order valence-corrected chi connectivity index (χ1v) is 11.5. The number of nitrogens with one attached hydrogen (secondary N) is 3. The third kappa shape index (κ3) is 5.38. The number of aliphatic hydroxyl groups is 2. The number of benzene rings is 1. The van der Waals surface area contributed by atoms with Gasteiger partial charge in [-0.1, -0.05) is 6.07 Å². The van der Waals surface area contributed by atoms with Crippen molar-refractivity contribution in [2.45, 2.75) is 31.3 Å². The van der Waals surface area contributed by atoms with Crippen molar-refractivity contribution in [2.24, 2.45) is 0 Å². The Balaban J connectivity index is 1.40. The molecule has 0 saturated carbocycles. The van der Waals surface area contributed by atoms with E-state index in [2.05, 4.69) is 33.6 Å². The topological polar surface area (TPSA) is 156 Å². The predicted molar refractivity (Wildman–Crippen MR) is 125 cm³/mol. The van der Waals surface area contributed by atoms with E-state index in [1.54, 1.807) is 18.2 Å². The van der Waals surface area contributed by atoms with Gasteiger partial charge in [-0.05, 0) is 24.3 Å². The smallest absolute Gasteiger partial charge is 0.351 e. The minimum absolute atomic E-state index is 0.148. The summed E-state index contributed by atoms with van der Waals surface area (Å²) in [7, 11) is 0. The molecule has 1 aromatic heterocycles. The fraction of sp³-hybridized carbons (Fsp3) is 0.476. The summed E-state index contributed by atoms with van der Waals surface area (Å²) in [6.45, 7) is 0.703. The summed E-state index contributed by atoms with van der Waals surface area (Å²) in [5.41, 5.74) is -0.0913. The lowest BCUT2D eigenvalue weighted by Gasteiger charge is -2.24. The van der Waals surface area contributed by atoms with Crippen molar-refractivity contribution in [3.8, 4) is 17.2 Å². The van der Waals surface area contributed by atoms with E-state index in [4.69, 9.17) is 14.2 Å². The Morgan fingerprint density at radius 1 is 1.32 bits per heavy atom. The maximum atomic E-state index is 12.6. The molecule has 1 fully saturated rings. The van der Waals surface area contributed by atoms with Crippen molar-refractivity contribution in [3.63, 3.8) is 0 Å². The molecule has 5 N–H and O–H groups in total. The summed E-state index contributed by atoms with van der Waals surface area (Å²) < 4.78 is 18.5. The molecular weight excluding hydrogens is 466 g/mol. The molecule has 13 heteroatoms. The Morgan fingerprint density at radius 3 is 2.91 bits per heavy atom. The number of amides is 2. The van der Waals surface area contributed by atoms with Crippen LogP contribution in [0.2, 0.25) is 0 Å². The maximum Gasteiger partial charge on any atom is 0.351 e.